The number of hydrogen-bond acceptors (Lipinski definition) is 3. The molecule has 0 N–H and O–H groups in total. The number of rotatable bonds is 4. The maximum atomic E-state index is 12.7. The molecule has 108 valence electrons. The minimum absolute atomic E-state index is 0.200. The van der Waals surface area contributed by atoms with Crippen molar-refractivity contribution in [3.8, 4) is 6.07 Å². The van der Waals surface area contributed by atoms with E-state index in [0.29, 0.717) is 11.1 Å². The summed E-state index contributed by atoms with van der Waals surface area (Å²) in [6.45, 7) is 11.1. The minimum atomic E-state index is -3.62. The molecule has 0 saturated heterocycles. The first-order valence-corrected chi connectivity index (χ1v) is 7.73. The molecule has 0 bridgehead atoms. The Hall–Kier alpha value is -1.64. The third-order valence-electron chi connectivity index (χ3n) is 2.95. The lowest BCUT2D eigenvalue weighted by Crippen LogP contribution is -2.45. The maximum absolute atomic E-state index is 12.7. The Balaban J connectivity index is 3.38. The summed E-state index contributed by atoms with van der Waals surface area (Å²) in [5, 5.41) is 8.91. The van der Waals surface area contributed by atoms with Crippen molar-refractivity contribution in [2.75, 3.05) is 6.54 Å². The number of hydrogen-bond donors (Lipinski definition) is 0. The summed E-state index contributed by atoms with van der Waals surface area (Å²) in [5.74, 6) is 0. The third kappa shape index (κ3) is 3.27. The predicted octanol–water partition coefficient (Wildman–Crippen LogP) is 2.84. The zero-order chi connectivity index (χ0) is 15.6. The van der Waals surface area contributed by atoms with E-state index in [9.17, 15) is 8.42 Å². The van der Waals surface area contributed by atoms with E-state index in [1.165, 1.54) is 22.5 Å². The lowest BCUT2D eigenvalue weighted by molar-refractivity contribution is 0.270. The van der Waals surface area contributed by atoms with Crippen molar-refractivity contribution in [3.63, 3.8) is 0 Å². The quantitative estimate of drug-likeness (QED) is 0.802. The molecule has 4 nitrogen and oxygen atoms in total. The molecule has 0 saturated carbocycles. The van der Waals surface area contributed by atoms with Crippen LogP contribution in [0.5, 0.6) is 0 Å². The Morgan fingerprint density at radius 1 is 1.40 bits per heavy atom. The fraction of sp³-hybridized carbons (Fsp3) is 0.400. The van der Waals surface area contributed by atoms with E-state index >= 15 is 0 Å². The molecule has 1 aromatic rings. The van der Waals surface area contributed by atoms with Crippen molar-refractivity contribution in [1.29, 1.82) is 5.26 Å². The molecule has 1 rings (SSSR count). The van der Waals surface area contributed by atoms with Crippen LogP contribution in [0.25, 0.3) is 0 Å². The standard InChI is InChI=1S/C15H20N2O2S/c1-6-9-17(15(3,4)5)20(18,19)14-8-7-13(11-16)12(2)10-14/h6-8,10H,1,9H2,2-5H3. The summed E-state index contributed by atoms with van der Waals surface area (Å²) < 4.78 is 26.8. The molecule has 5 heteroatoms. The van der Waals surface area contributed by atoms with Gasteiger partial charge in [0.05, 0.1) is 16.5 Å². The maximum Gasteiger partial charge on any atom is 0.243 e. The lowest BCUT2D eigenvalue weighted by atomic mass is 10.1. The van der Waals surface area contributed by atoms with Gasteiger partial charge in [0.2, 0.25) is 10.0 Å². The van der Waals surface area contributed by atoms with Crippen molar-refractivity contribution < 1.29 is 8.42 Å². The van der Waals surface area contributed by atoms with Gasteiger partial charge in [-0.05, 0) is 51.5 Å². The summed E-state index contributed by atoms with van der Waals surface area (Å²) in [5.41, 5.74) is 0.588. The molecule has 0 atom stereocenters. The topological polar surface area (TPSA) is 61.2 Å². The van der Waals surface area contributed by atoms with E-state index < -0.39 is 15.6 Å². The van der Waals surface area contributed by atoms with E-state index in [1.54, 1.807) is 13.0 Å². The van der Waals surface area contributed by atoms with Crippen LogP contribution in [0.4, 0.5) is 0 Å². The molecule has 0 unspecified atom stereocenters. The van der Waals surface area contributed by atoms with Crippen LogP contribution in [0.15, 0.2) is 35.7 Å². The van der Waals surface area contributed by atoms with Gasteiger partial charge in [-0.2, -0.15) is 9.57 Å². The largest absolute Gasteiger partial charge is 0.243 e. The predicted molar refractivity (Wildman–Crippen MR) is 79.7 cm³/mol. The van der Waals surface area contributed by atoms with Crippen LogP contribution in [0, 0.1) is 18.3 Å². The summed E-state index contributed by atoms with van der Waals surface area (Å²) in [7, 11) is -3.62. The number of sulfonamides is 1. The van der Waals surface area contributed by atoms with E-state index in [4.69, 9.17) is 5.26 Å². The first-order chi connectivity index (χ1) is 9.14. The average Bonchev–Trinajstić information content (AvgIpc) is 2.34. The van der Waals surface area contributed by atoms with Crippen LogP contribution in [-0.2, 0) is 10.0 Å². The molecule has 0 aliphatic rings. The van der Waals surface area contributed by atoms with Crippen LogP contribution in [0.3, 0.4) is 0 Å². The van der Waals surface area contributed by atoms with Crippen molar-refractivity contribution in [2.24, 2.45) is 0 Å². The molecular formula is C15H20N2O2S. The minimum Gasteiger partial charge on any atom is -0.207 e. The summed E-state index contributed by atoms with van der Waals surface area (Å²) in [4.78, 5) is 0.200. The molecule has 1 aromatic carbocycles. The number of nitrogens with zero attached hydrogens (tertiary/aromatic N) is 2. The van der Waals surface area contributed by atoms with Gasteiger partial charge in [0.25, 0.3) is 0 Å². The van der Waals surface area contributed by atoms with Gasteiger partial charge in [0.1, 0.15) is 0 Å². The highest BCUT2D eigenvalue weighted by Gasteiger charge is 2.33. The van der Waals surface area contributed by atoms with Gasteiger partial charge in [-0.15, -0.1) is 6.58 Å². The normalized spacial score (nSPS) is 12.2. The number of benzene rings is 1. The van der Waals surface area contributed by atoms with Crippen LogP contribution >= 0.6 is 0 Å². The highest BCUT2D eigenvalue weighted by Crippen LogP contribution is 2.25. The lowest BCUT2D eigenvalue weighted by Gasteiger charge is -2.33. The molecule has 0 spiro atoms. The molecular weight excluding hydrogens is 272 g/mol. The van der Waals surface area contributed by atoms with Crippen LogP contribution < -0.4 is 0 Å². The Kier molecular flexibility index (Phi) is 4.74. The van der Waals surface area contributed by atoms with E-state index in [1.807, 2.05) is 26.8 Å². The highest BCUT2D eigenvalue weighted by atomic mass is 32.2. The average molecular weight is 292 g/mol. The Labute approximate surface area is 121 Å². The van der Waals surface area contributed by atoms with Gasteiger partial charge in [0, 0.05) is 12.1 Å². The fourth-order valence-corrected chi connectivity index (χ4v) is 3.74. The Morgan fingerprint density at radius 3 is 2.40 bits per heavy atom. The monoisotopic (exact) mass is 292 g/mol. The number of nitriles is 1. The first-order valence-electron chi connectivity index (χ1n) is 6.29. The zero-order valence-corrected chi connectivity index (χ0v) is 13.2. The van der Waals surface area contributed by atoms with Crippen molar-refractivity contribution in [2.45, 2.75) is 38.1 Å². The highest BCUT2D eigenvalue weighted by molar-refractivity contribution is 7.89. The van der Waals surface area contributed by atoms with Crippen molar-refractivity contribution >= 4 is 10.0 Å². The molecule has 0 aromatic heterocycles. The van der Waals surface area contributed by atoms with Gasteiger partial charge in [0.15, 0.2) is 0 Å². The molecule has 0 aliphatic heterocycles. The van der Waals surface area contributed by atoms with Crippen LogP contribution in [0.2, 0.25) is 0 Å². The van der Waals surface area contributed by atoms with E-state index in [-0.39, 0.29) is 11.4 Å². The van der Waals surface area contributed by atoms with E-state index in [2.05, 4.69) is 6.58 Å². The molecule has 0 aliphatic carbocycles. The van der Waals surface area contributed by atoms with Gasteiger partial charge in [-0.25, -0.2) is 8.42 Å². The number of aryl methyl sites for hydroxylation is 1. The zero-order valence-electron chi connectivity index (χ0n) is 12.3. The van der Waals surface area contributed by atoms with Gasteiger partial charge in [-0.1, -0.05) is 6.08 Å². The second kappa shape index (κ2) is 5.78. The smallest absolute Gasteiger partial charge is 0.207 e. The SMILES string of the molecule is C=CCN(C(C)(C)C)S(=O)(=O)c1ccc(C#N)c(C)c1. The van der Waals surface area contributed by atoms with Gasteiger partial charge in [-0.3, -0.25) is 0 Å². The second-order valence-electron chi connectivity index (χ2n) is 5.58. The first kappa shape index (κ1) is 16.4. The summed E-state index contributed by atoms with van der Waals surface area (Å²) in [6.07, 6.45) is 1.57. The van der Waals surface area contributed by atoms with Crippen LogP contribution in [-0.4, -0.2) is 24.8 Å². The summed E-state index contributed by atoms with van der Waals surface area (Å²) >= 11 is 0. The van der Waals surface area contributed by atoms with Gasteiger partial charge >= 0.3 is 0 Å². The molecule has 0 fully saturated rings. The van der Waals surface area contributed by atoms with Crippen molar-refractivity contribution in [1.82, 2.24) is 4.31 Å². The van der Waals surface area contributed by atoms with E-state index in [0.717, 1.165) is 0 Å². The Morgan fingerprint density at radius 2 is 2.00 bits per heavy atom. The van der Waals surface area contributed by atoms with Gasteiger partial charge < -0.3 is 0 Å². The van der Waals surface area contributed by atoms with Crippen molar-refractivity contribution in [3.05, 3.63) is 42.0 Å². The molecule has 20 heavy (non-hydrogen) atoms. The second-order valence-corrected chi connectivity index (χ2v) is 7.45. The third-order valence-corrected chi connectivity index (χ3v) is 5.08. The summed E-state index contributed by atoms with van der Waals surface area (Å²) in [6, 6.07) is 6.58. The van der Waals surface area contributed by atoms with Crippen LogP contribution in [0.1, 0.15) is 31.9 Å². The fourth-order valence-electron chi connectivity index (χ4n) is 1.90. The molecule has 0 radical (unpaired) electrons. The molecule has 0 amide bonds. The molecule has 0 heterocycles. The Bertz CT molecular complexity index is 649.